The Bertz CT molecular complexity index is 1470. The monoisotopic (exact) mass is 454 g/mol. The zero-order valence-electron chi connectivity index (χ0n) is 18.7. The maximum atomic E-state index is 12.8. The van der Waals surface area contributed by atoms with Crippen molar-refractivity contribution in [2.45, 2.75) is 32.7 Å². The summed E-state index contributed by atoms with van der Waals surface area (Å²) in [6.07, 6.45) is 2.03. The molecular formula is C26H22N4O4. The van der Waals surface area contributed by atoms with E-state index >= 15 is 0 Å². The lowest BCUT2D eigenvalue weighted by Gasteiger charge is -2.13. The van der Waals surface area contributed by atoms with Gasteiger partial charge in [0.2, 0.25) is 0 Å². The molecule has 2 aromatic carbocycles. The number of carbonyl (C=O) groups is 2. The number of aromatic nitrogens is 3. The molecule has 34 heavy (non-hydrogen) atoms. The summed E-state index contributed by atoms with van der Waals surface area (Å²) in [5, 5.41) is 3.66. The largest absolute Gasteiger partial charge is 0.424 e. The number of Topliss-reactive ketones (excluding diaryl/α,β-unsaturated/α-hetero) is 1. The van der Waals surface area contributed by atoms with Crippen molar-refractivity contribution in [1.82, 2.24) is 19.9 Å². The molecule has 0 spiro atoms. The van der Waals surface area contributed by atoms with Gasteiger partial charge >= 0.3 is 6.01 Å². The predicted octanol–water partition coefficient (Wildman–Crippen LogP) is 3.98. The lowest BCUT2D eigenvalue weighted by molar-refractivity contribution is 0.0950. The van der Waals surface area contributed by atoms with E-state index in [4.69, 9.17) is 4.74 Å². The number of nitrogens with one attached hydrogen (secondary N) is 1. The smallest absolute Gasteiger partial charge is 0.324 e. The van der Waals surface area contributed by atoms with Crippen molar-refractivity contribution in [3.8, 4) is 17.4 Å². The third-order valence-corrected chi connectivity index (χ3v) is 5.69. The Morgan fingerprint density at radius 1 is 0.941 bits per heavy atom. The van der Waals surface area contributed by atoms with Crippen LogP contribution in [0.1, 0.15) is 46.2 Å². The fraction of sp³-hybridized carbons (Fsp3) is 0.192. The zero-order valence-corrected chi connectivity index (χ0v) is 18.7. The first-order chi connectivity index (χ1) is 16.4. The van der Waals surface area contributed by atoms with Crippen LogP contribution in [0.3, 0.4) is 0 Å². The lowest BCUT2D eigenvalue weighted by atomic mass is 10.1. The standard InChI is InChI=1S/C26H22N4O4/c1-15-22-13-14-23(32)30(20-9-3-18(4-10-20)25(33)28-19-7-8-19)24(22)29-26(27-15)34-21-11-5-17(6-12-21)16(2)31/h3-6,9-14,19H,7-8H2,1-2H3,(H,28,33). The number of fused-ring (bicyclic) bond motifs is 1. The molecule has 0 aliphatic heterocycles. The Morgan fingerprint density at radius 3 is 2.26 bits per heavy atom. The average Bonchev–Trinajstić information content (AvgIpc) is 3.63. The third kappa shape index (κ3) is 4.30. The molecule has 1 aliphatic carbocycles. The van der Waals surface area contributed by atoms with Gasteiger partial charge in [-0.3, -0.25) is 19.0 Å². The summed E-state index contributed by atoms with van der Waals surface area (Å²) < 4.78 is 7.29. The summed E-state index contributed by atoms with van der Waals surface area (Å²) in [6, 6.07) is 17.0. The zero-order chi connectivity index (χ0) is 23.8. The van der Waals surface area contributed by atoms with Gasteiger partial charge in [-0.25, -0.2) is 0 Å². The van der Waals surface area contributed by atoms with Crippen LogP contribution in [0.5, 0.6) is 11.8 Å². The number of hydrogen-bond acceptors (Lipinski definition) is 6. The van der Waals surface area contributed by atoms with E-state index in [1.54, 1.807) is 54.6 Å². The highest BCUT2D eigenvalue weighted by atomic mass is 16.5. The van der Waals surface area contributed by atoms with E-state index in [1.165, 1.54) is 17.6 Å². The average molecular weight is 454 g/mol. The van der Waals surface area contributed by atoms with Gasteiger partial charge in [0.25, 0.3) is 11.5 Å². The number of nitrogens with zero attached hydrogens (tertiary/aromatic N) is 3. The van der Waals surface area contributed by atoms with Crippen LogP contribution in [0.25, 0.3) is 16.7 Å². The van der Waals surface area contributed by atoms with Crippen LogP contribution in [0.2, 0.25) is 0 Å². The summed E-state index contributed by atoms with van der Waals surface area (Å²) in [5.41, 5.74) is 2.46. The first-order valence-electron chi connectivity index (χ1n) is 11.0. The van der Waals surface area contributed by atoms with E-state index in [2.05, 4.69) is 15.3 Å². The van der Waals surface area contributed by atoms with E-state index in [0.717, 1.165) is 12.8 Å². The number of hydrogen-bond donors (Lipinski definition) is 1. The second kappa shape index (κ2) is 8.55. The Kier molecular flexibility index (Phi) is 5.41. The number of rotatable bonds is 6. The van der Waals surface area contributed by atoms with Crippen molar-refractivity contribution in [2.75, 3.05) is 0 Å². The van der Waals surface area contributed by atoms with E-state index in [0.29, 0.717) is 39.3 Å². The molecule has 1 aliphatic rings. The molecule has 0 saturated heterocycles. The van der Waals surface area contributed by atoms with Crippen molar-refractivity contribution in [3.05, 3.63) is 87.8 Å². The number of amides is 1. The highest BCUT2D eigenvalue weighted by Gasteiger charge is 2.23. The lowest BCUT2D eigenvalue weighted by Crippen LogP contribution is -2.25. The summed E-state index contributed by atoms with van der Waals surface area (Å²) >= 11 is 0. The molecule has 8 heteroatoms. The molecule has 8 nitrogen and oxygen atoms in total. The van der Waals surface area contributed by atoms with Gasteiger partial charge in [0.1, 0.15) is 5.75 Å². The minimum atomic E-state index is -0.266. The van der Waals surface area contributed by atoms with Crippen molar-refractivity contribution in [1.29, 1.82) is 0 Å². The highest BCUT2D eigenvalue weighted by Crippen LogP contribution is 2.24. The fourth-order valence-electron chi connectivity index (χ4n) is 3.66. The predicted molar refractivity (Wildman–Crippen MR) is 127 cm³/mol. The fourth-order valence-corrected chi connectivity index (χ4v) is 3.66. The quantitative estimate of drug-likeness (QED) is 0.442. The molecular weight excluding hydrogens is 432 g/mol. The van der Waals surface area contributed by atoms with Gasteiger partial charge in [-0.1, -0.05) is 0 Å². The second-order valence-corrected chi connectivity index (χ2v) is 8.31. The number of ketones is 1. The number of ether oxygens (including phenoxy) is 1. The van der Waals surface area contributed by atoms with Crippen LogP contribution in [-0.2, 0) is 0 Å². The minimum absolute atomic E-state index is 0.0376. The van der Waals surface area contributed by atoms with Gasteiger partial charge in [0.15, 0.2) is 11.4 Å². The SMILES string of the molecule is CC(=O)c1ccc(Oc2nc(C)c3ccc(=O)n(-c4ccc(C(=O)NC5CC5)cc4)c3n2)cc1. The second-order valence-electron chi connectivity index (χ2n) is 8.31. The van der Waals surface area contributed by atoms with Crippen LogP contribution in [-0.4, -0.2) is 32.3 Å². The van der Waals surface area contributed by atoms with Crippen molar-refractivity contribution in [3.63, 3.8) is 0 Å². The van der Waals surface area contributed by atoms with Crippen LogP contribution in [0.15, 0.2) is 65.5 Å². The molecule has 2 heterocycles. The molecule has 0 bridgehead atoms. The Morgan fingerprint density at radius 2 is 1.62 bits per heavy atom. The normalized spacial score (nSPS) is 13.0. The molecule has 5 rings (SSSR count). The minimum Gasteiger partial charge on any atom is -0.424 e. The van der Waals surface area contributed by atoms with Crippen LogP contribution < -0.4 is 15.6 Å². The first kappa shape index (κ1) is 21.5. The molecule has 0 radical (unpaired) electrons. The molecule has 0 atom stereocenters. The summed E-state index contributed by atoms with van der Waals surface area (Å²) in [7, 11) is 0. The van der Waals surface area contributed by atoms with E-state index in [1.807, 2.05) is 6.92 Å². The van der Waals surface area contributed by atoms with Gasteiger partial charge in [-0.15, -0.1) is 0 Å². The molecule has 1 amide bonds. The van der Waals surface area contributed by atoms with Gasteiger partial charge in [0.05, 0.1) is 11.4 Å². The molecule has 1 N–H and O–H groups in total. The summed E-state index contributed by atoms with van der Waals surface area (Å²) in [5.74, 6) is 0.313. The number of aryl methyl sites for hydroxylation is 1. The van der Waals surface area contributed by atoms with Crippen LogP contribution >= 0.6 is 0 Å². The van der Waals surface area contributed by atoms with Gasteiger partial charge < -0.3 is 10.1 Å². The number of benzene rings is 2. The summed E-state index contributed by atoms with van der Waals surface area (Å²) in [4.78, 5) is 45.6. The molecule has 1 saturated carbocycles. The van der Waals surface area contributed by atoms with Crippen LogP contribution in [0, 0.1) is 6.92 Å². The Labute approximate surface area is 195 Å². The molecule has 0 unspecified atom stereocenters. The molecule has 2 aromatic heterocycles. The van der Waals surface area contributed by atoms with Gasteiger partial charge in [0, 0.05) is 28.6 Å². The Balaban J connectivity index is 1.52. The van der Waals surface area contributed by atoms with Crippen LogP contribution in [0.4, 0.5) is 0 Å². The highest BCUT2D eigenvalue weighted by molar-refractivity contribution is 5.95. The first-order valence-corrected chi connectivity index (χ1v) is 11.0. The number of carbonyl (C=O) groups excluding carboxylic acids is 2. The third-order valence-electron chi connectivity index (χ3n) is 5.69. The van der Waals surface area contributed by atoms with Gasteiger partial charge in [-0.2, -0.15) is 9.97 Å². The summed E-state index contributed by atoms with van der Waals surface area (Å²) in [6.45, 7) is 3.31. The van der Waals surface area contributed by atoms with Crippen molar-refractivity contribution in [2.24, 2.45) is 0 Å². The maximum Gasteiger partial charge on any atom is 0.324 e. The van der Waals surface area contributed by atoms with E-state index in [9.17, 15) is 14.4 Å². The molecule has 1 fully saturated rings. The van der Waals surface area contributed by atoms with E-state index in [-0.39, 0.29) is 29.3 Å². The van der Waals surface area contributed by atoms with Crippen molar-refractivity contribution < 1.29 is 14.3 Å². The maximum absolute atomic E-state index is 12.8. The van der Waals surface area contributed by atoms with Gasteiger partial charge in [-0.05, 0) is 81.3 Å². The number of pyridine rings is 1. The Hall–Kier alpha value is -4.33. The topological polar surface area (TPSA) is 103 Å². The molecule has 170 valence electrons. The van der Waals surface area contributed by atoms with Crippen molar-refractivity contribution >= 4 is 22.7 Å². The van der Waals surface area contributed by atoms with E-state index < -0.39 is 0 Å². The molecule has 4 aromatic rings.